The fourth-order valence-electron chi connectivity index (χ4n) is 8.01. The lowest BCUT2D eigenvalue weighted by molar-refractivity contribution is -0.134. The number of aromatic amines is 2. The van der Waals surface area contributed by atoms with Gasteiger partial charge in [0.2, 0.25) is 5.91 Å². The number of alkyl carbamates (subject to hydrolysis) is 2. The van der Waals surface area contributed by atoms with E-state index in [-0.39, 0.29) is 37.0 Å². The standard InChI is InChI=1S/C44H46N8O7/c1-5-25(2)52(38(53)22-46-43(55)57-3)23-37-45-21-34(47-37)28-13-15-30-29(18-28)24-59-36-20-31-27(19-32(30)36)14-16-33-40(31)49-41(48-33)35-12-9-17-51(35)42(54)39(50-44(56)58-4)26-10-7-6-8-11-26/h6-8,10-11,13-16,18-21,25,35,39H,5,9,12,17,22-24H2,1-4H3,(H,45,47)(H,46,55)(H,48,49)(H,50,56)/t25-,35?,39?/m0/s1. The highest BCUT2D eigenvalue weighted by Crippen LogP contribution is 2.43. The van der Waals surface area contributed by atoms with E-state index in [1.54, 1.807) is 16.0 Å². The molecule has 0 saturated carbocycles. The lowest BCUT2D eigenvalue weighted by Gasteiger charge is -2.28. The number of likely N-dealkylation sites (tertiary alicyclic amines) is 1. The second-order valence-electron chi connectivity index (χ2n) is 14.8. The average molecular weight is 799 g/mol. The monoisotopic (exact) mass is 798 g/mol. The largest absolute Gasteiger partial charge is 0.488 e. The van der Waals surface area contributed by atoms with Gasteiger partial charge in [0.25, 0.3) is 5.91 Å². The molecule has 8 rings (SSSR count). The number of ether oxygens (including phenoxy) is 3. The van der Waals surface area contributed by atoms with Crippen molar-refractivity contribution in [3.05, 3.63) is 102 Å². The molecule has 59 heavy (non-hydrogen) atoms. The van der Waals surface area contributed by atoms with Crippen LogP contribution in [0.2, 0.25) is 0 Å². The van der Waals surface area contributed by atoms with E-state index in [1.165, 1.54) is 14.2 Å². The van der Waals surface area contributed by atoms with E-state index in [0.717, 1.165) is 74.8 Å². The Kier molecular flexibility index (Phi) is 10.9. The number of nitrogens with zero attached hydrogens (tertiary/aromatic N) is 4. The molecule has 304 valence electrons. The van der Waals surface area contributed by atoms with Crippen LogP contribution in [0.4, 0.5) is 9.59 Å². The highest BCUT2D eigenvalue weighted by molar-refractivity contribution is 6.07. The molecule has 15 nitrogen and oxygen atoms in total. The summed E-state index contributed by atoms with van der Waals surface area (Å²) >= 11 is 0. The average Bonchev–Trinajstić information content (AvgIpc) is 4.06. The maximum absolute atomic E-state index is 14.1. The summed E-state index contributed by atoms with van der Waals surface area (Å²) in [5.41, 5.74) is 7.15. The highest BCUT2D eigenvalue weighted by Gasteiger charge is 2.37. The number of amides is 4. The minimum absolute atomic E-state index is 0.0660. The number of fused-ring (bicyclic) bond motifs is 6. The molecule has 0 radical (unpaired) electrons. The van der Waals surface area contributed by atoms with Crippen LogP contribution in [0.5, 0.6) is 5.75 Å². The molecule has 1 fully saturated rings. The molecule has 15 heteroatoms. The van der Waals surface area contributed by atoms with Gasteiger partial charge in [0.15, 0.2) is 0 Å². The van der Waals surface area contributed by atoms with Crippen molar-refractivity contribution >= 4 is 45.8 Å². The number of carbonyl (C=O) groups is 4. The van der Waals surface area contributed by atoms with Gasteiger partial charge in [-0.3, -0.25) is 9.59 Å². The van der Waals surface area contributed by atoms with Crippen molar-refractivity contribution in [2.24, 2.45) is 0 Å². The summed E-state index contributed by atoms with van der Waals surface area (Å²) in [6, 6.07) is 22.4. The molecule has 2 unspecified atom stereocenters. The molecule has 4 heterocycles. The first-order valence-electron chi connectivity index (χ1n) is 19.7. The Morgan fingerprint density at radius 1 is 0.983 bits per heavy atom. The second-order valence-corrected chi connectivity index (χ2v) is 14.8. The van der Waals surface area contributed by atoms with Crippen molar-refractivity contribution in [1.29, 1.82) is 0 Å². The van der Waals surface area contributed by atoms with E-state index < -0.39 is 18.2 Å². The molecule has 2 aliphatic heterocycles. The number of hydrogen-bond acceptors (Lipinski definition) is 9. The van der Waals surface area contributed by atoms with Crippen molar-refractivity contribution in [1.82, 2.24) is 40.4 Å². The van der Waals surface area contributed by atoms with Crippen LogP contribution in [0, 0.1) is 0 Å². The number of nitrogens with one attached hydrogen (secondary N) is 4. The van der Waals surface area contributed by atoms with Crippen LogP contribution in [0.3, 0.4) is 0 Å². The topological polar surface area (TPSA) is 184 Å². The van der Waals surface area contributed by atoms with Crippen molar-refractivity contribution in [3.8, 4) is 28.1 Å². The van der Waals surface area contributed by atoms with E-state index in [0.29, 0.717) is 30.4 Å². The molecule has 0 spiro atoms. The Morgan fingerprint density at radius 2 is 1.80 bits per heavy atom. The number of H-pyrrole nitrogens is 2. The third-order valence-corrected chi connectivity index (χ3v) is 11.3. The van der Waals surface area contributed by atoms with E-state index in [9.17, 15) is 19.2 Å². The number of benzene rings is 4. The molecule has 6 aromatic rings. The van der Waals surface area contributed by atoms with Gasteiger partial charge in [0.1, 0.15) is 36.6 Å². The third kappa shape index (κ3) is 7.75. The van der Waals surface area contributed by atoms with Gasteiger partial charge in [-0.25, -0.2) is 19.6 Å². The Bertz CT molecular complexity index is 2550. The zero-order valence-electron chi connectivity index (χ0n) is 33.3. The first kappa shape index (κ1) is 38.9. The Labute approximate surface area is 340 Å². The van der Waals surface area contributed by atoms with Gasteiger partial charge in [0, 0.05) is 23.5 Å². The molecule has 4 aromatic carbocycles. The number of rotatable bonds is 11. The SMILES string of the molecule is CC[C@H](C)N(Cc1ncc(-c2ccc3c(c2)COc2cc4c(ccc5nc(C6CCCN6C(=O)C(NC(=O)OC)c6ccccc6)[nH]c54)cc2-3)[nH]1)C(=O)CNC(=O)OC. The van der Waals surface area contributed by atoms with Crippen molar-refractivity contribution < 1.29 is 33.4 Å². The molecule has 2 aliphatic rings. The third-order valence-electron chi connectivity index (χ3n) is 11.3. The molecule has 3 atom stereocenters. The summed E-state index contributed by atoms with van der Waals surface area (Å²) in [5, 5.41) is 7.17. The lowest BCUT2D eigenvalue weighted by Crippen LogP contribution is -2.44. The normalized spacial score (nSPS) is 15.5. The van der Waals surface area contributed by atoms with Gasteiger partial charge >= 0.3 is 12.2 Å². The summed E-state index contributed by atoms with van der Waals surface area (Å²) in [7, 11) is 2.54. The van der Waals surface area contributed by atoms with Crippen LogP contribution in [0.1, 0.15) is 68.0 Å². The lowest BCUT2D eigenvalue weighted by atomic mass is 9.92. The van der Waals surface area contributed by atoms with Gasteiger partial charge in [-0.2, -0.15) is 0 Å². The summed E-state index contributed by atoms with van der Waals surface area (Å²) < 4.78 is 15.9. The van der Waals surface area contributed by atoms with Crippen molar-refractivity contribution in [3.63, 3.8) is 0 Å². The number of carbonyl (C=O) groups excluding carboxylic acids is 4. The maximum Gasteiger partial charge on any atom is 0.407 e. The van der Waals surface area contributed by atoms with Gasteiger partial charge in [-0.1, -0.05) is 55.5 Å². The molecule has 0 bridgehead atoms. The predicted molar refractivity (Wildman–Crippen MR) is 220 cm³/mol. The predicted octanol–water partition coefficient (Wildman–Crippen LogP) is 6.91. The van der Waals surface area contributed by atoms with Gasteiger partial charge < -0.3 is 44.6 Å². The molecular weight excluding hydrogens is 753 g/mol. The Morgan fingerprint density at radius 3 is 2.58 bits per heavy atom. The summed E-state index contributed by atoms with van der Waals surface area (Å²) in [6.45, 7) is 4.96. The molecule has 4 amide bonds. The van der Waals surface area contributed by atoms with Crippen LogP contribution >= 0.6 is 0 Å². The fraction of sp³-hybridized carbons (Fsp3) is 0.318. The zero-order chi connectivity index (χ0) is 41.2. The van der Waals surface area contributed by atoms with Gasteiger partial charge in [-0.05, 0) is 78.1 Å². The van der Waals surface area contributed by atoms with Crippen LogP contribution in [-0.2, 0) is 32.2 Å². The highest BCUT2D eigenvalue weighted by atomic mass is 16.5. The molecular formula is C44H46N8O7. The number of imidazole rings is 2. The number of aromatic nitrogens is 4. The number of methoxy groups -OCH3 is 2. The van der Waals surface area contributed by atoms with Crippen molar-refractivity contribution in [2.75, 3.05) is 27.3 Å². The smallest absolute Gasteiger partial charge is 0.407 e. The molecule has 0 aliphatic carbocycles. The molecule has 4 N–H and O–H groups in total. The Hall–Kier alpha value is -6.90. The quantitative estimate of drug-likeness (QED) is 0.108. The van der Waals surface area contributed by atoms with Crippen LogP contribution in [-0.4, -0.2) is 87.1 Å². The minimum Gasteiger partial charge on any atom is -0.488 e. The fourth-order valence-corrected chi connectivity index (χ4v) is 8.01. The van der Waals surface area contributed by atoms with E-state index in [4.69, 9.17) is 14.5 Å². The van der Waals surface area contributed by atoms with Crippen molar-refractivity contribution in [2.45, 2.75) is 64.4 Å². The van der Waals surface area contributed by atoms with Gasteiger partial charge in [-0.15, -0.1) is 0 Å². The molecule has 1 saturated heterocycles. The van der Waals surface area contributed by atoms with E-state index >= 15 is 0 Å². The first-order valence-corrected chi connectivity index (χ1v) is 19.7. The molecule has 2 aromatic heterocycles. The zero-order valence-corrected chi connectivity index (χ0v) is 33.3. The number of hydrogen-bond donors (Lipinski definition) is 4. The summed E-state index contributed by atoms with van der Waals surface area (Å²) in [6.07, 6.45) is 2.69. The maximum atomic E-state index is 14.1. The van der Waals surface area contributed by atoms with E-state index in [1.807, 2.05) is 50.2 Å². The summed E-state index contributed by atoms with van der Waals surface area (Å²) in [5.74, 6) is 1.63. The summed E-state index contributed by atoms with van der Waals surface area (Å²) in [4.78, 5) is 70.9. The van der Waals surface area contributed by atoms with Crippen LogP contribution in [0.25, 0.3) is 44.2 Å². The van der Waals surface area contributed by atoms with E-state index in [2.05, 4.69) is 66.7 Å². The Balaban J connectivity index is 1.03. The van der Waals surface area contributed by atoms with Gasteiger partial charge in [0.05, 0.1) is 49.7 Å². The van der Waals surface area contributed by atoms with Crippen LogP contribution in [0.15, 0.2) is 79.0 Å². The first-order chi connectivity index (χ1) is 28.6. The van der Waals surface area contributed by atoms with Crippen LogP contribution < -0.4 is 15.4 Å². The minimum atomic E-state index is -0.902. The second kappa shape index (κ2) is 16.5.